The van der Waals surface area contributed by atoms with Gasteiger partial charge in [0.1, 0.15) is 23.0 Å². The molecule has 26 heteroatoms. The van der Waals surface area contributed by atoms with Gasteiger partial charge in [-0.1, -0.05) is 154 Å². The normalized spacial score (nSPS) is 14.5. The number of piperidine rings is 1. The summed E-state index contributed by atoms with van der Waals surface area (Å²) in [4.78, 5) is 85.8. The topological polar surface area (TPSA) is 282 Å². The molecular formula is C66H66Cl7N8NaO10. The molecule has 1 saturated heterocycles. The molecule has 0 radical (unpaired) electrons. The van der Waals surface area contributed by atoms with E-state index in [1.54, 1.807) is 51.9 Å². The number of aryl methyl sites for hydroxylation is 2. The number of ether oxygens (including phenoxy) is 1. The maximum Gasteiger partial charge on any atom is 1.00 e. The summed E-state index contributed by atoms with van der Waals surface area (Å²) in [6.07, 6.45) is 13.9. The van der Waals surface area contributed by atoms with Gasteiger partial charge in [0.15, 0.2) is 5.75 Å². The maximum atomic E-state index is 13.0. The van der Waals surface area contributed by atoms with Crippen LogP contribution in [0.2, 0.25) is 35.2 Å². The second-order valence-electron chi connectivity index (χ2n) is 22.9. The fourth-order valence-corrected chi connectivity index (χ4v) is 11.5. The van der Waals surface area contributed by atoms with Crippen LogP contribution in [0.4, 0.5) is 5.69 Å². The number of benzene rings is 4. The number of terminal acetylenes is 1. The Kier molecular flexibility index (Phi) is 31.0. The third kappa shape index (κ3) is 21.8. The van der Waals surface area contributed by atoms with E-state index in [0.717, 1.165) is 55.9 Å². The number of aromatic nitrogens is 6. The Bertz CT molecular complexity index is 4180. The molecule has 18 nitrogen and oxygen atoms in total. The summed E-state index contributed by atoms with van der Waals surface area (Å²) in [5.74, 6) is 9.56. The van der Waals surface area contributed by atoms with Crippen LogP contribution < -0.4 is 56.5 Å². The van der Waals surface area contributed by atoms with Gasteiger partial charge in [-0.2, -0.15) is 0 Å². The number of nitrogens with two attached hydrogens (primary N) is 1. The molecule has 4 aromatic carbocycles. The van der Waals surface area contributed by atoms with Gasteiger partial charge in [-0.25, -0.2) is 19.9 Å². The van der Waals surface area contributed by atoms with Gasteiger partial charge in [0.25, 0.3) is 17.6 Å². The van der Waals surface area contributed by atoms with Crippen LogP contribution in [0, 0.1) is 40.4 Å². The molecule has 3 aliphatic heterocycles. The molecule has 0 spiro atoms. The number of hydrogen-bond acceptors (Lipinski definition) is 15. The minimum absolute atomic E-state index is 0. The number of nitrogens with one attached hydrogen (secondary N) is 1. The van der Waals surface area contributed by atoms with E-state index >= 15 is 0 Å². The van der Waals surface area contributed by atoms with Gasteiger partial charge in [0, 0.05) is 83.9 Å². The van der Waals surface area contributed by atoms with Crippen molar-refractivity contribution in [3.8, 4) is 29.9 Å². The second kappa shape index (κ2) is 35.7. The van der Waals surface area contributed by atoms with E-state index in [1.807, 2.05) is 36.4 Å². The van der Waals surface area contributed by atoms with Gasteiger partial charge in [0.2, 0.25) is 17.5 Å². The molecule has 4 aliphatic rings. The second-order valence-corrected chi connectivity index (χ2v) is 25.9. The smallest absolute Gasteiger partial charge is 0.870 e. The van der Waals surface area contributed by atoms with Gasteiger partial charge in [-0.05, 0) is 120 Å². The molecule has 4 aromatic heterocycles. The Morgan fingerprint density at radius 1 is 0.641 bits per heavy atom. The summed E-state index contributed by atoms with van der Waals surface area (Å²) in [5.41, 5.74) is 10.3. The first-order valence-corrected chi connectivity index (χ1v) is 30.0. The average Bonchev–Trinajstić information content (AvgIpc) is 1.02. The van der Waals surface area contributed by atoms with Gasteiger partial charge < -0.3 is 21.3 Å². The van der Waals surface area contributed by atoms with Crippen LogP contribution in [0.1, 0.15) is 119 Å². The van der Waals surface area contributed by atoms with Crippen LogP contribution >= 0.6 is 81.2 Å². The van der Waals surface area contributed by atoms with Crippen molar-refractivity contribution in [3.63, 3.8) is 0 Å². The maximum absolute atomic E-state index is 13.0. The van der Waals surface area contributed by atoms with Crippen LogP contribution in [-0.2, 0) is 46.7 Å². The van der Waals surface area contributed by atoms with Crippen LogP contribution in [0.5, 0.6) is 5.75 Å². The SMILES string of the molecule is C.C#Cc1ccccn1.CC1(C)CCC(=O)NC1.CC1(C)CCc2nc3cc(C#Cc4ccccn4)cc(Cl)c3c(=O)n2C1.CC1(C)CCc2nc3cc(Cl)cc(Cl)c3c(=O)n2C1.Nc1cc(Cl)cc(Cl)c1OC=O.O=C1Cc2cc(Cl)cc(Cl)c2C1=O.OO.[Na+].[OH-]. The summed E-state index contributed by atoms with van der Waals surface area (Å²) in [5, 5.41) is 18.4. The molecule has 0 saturated carbocycles. The number of carbonyl (C=O) groups is 4. The number of halogens is 7. The minimum Gasteiger partial charge on any atom is -0.870 e. The van der Waals surface area contributed by atoms with E-state index in [-0.39, 0.29) is 105 Å². The zero-order chi connectivity index (χ0) is 65.5. The minimum atomic E-state index is -0.503. The first kappa shape index (κ1) is 79.8. The van der Waals surface area contributed by atoms with Crippen molar-refractivity contribution in [3.05, 3.63) is 193 Å². The predicted octanol–water partition coefficient (Wildman–Crippen LogP) is 11.4. The van der Waals surface area contributed by atoms with E-state index < -0.39 is 11.6 Å². The molecule has 0 unspecified atom stereocenters. The van der Waals surface area contributed by atoms with Crippen LogP contribution in [-0.4, -0.2) is 75.6 Å². The Balaban J connectivity index is 0.000000298. The number of pyridine rings is 2. The number of anilines is 1. The van der Waals surface area contributed by atoms with Gasteiger partial charge in [0.05, 0.1) is 47.6 Å². The summed E-state index contributed by atoms with van der Waals surface area (Å²) < 4.78 is 8.06. The zero-order valence-electron chi connectivity index (χ0n) is 50.6. The number of hydrogen-bond donors (Lipinski definition) is 4. The largest absolute Gasteiger partial charge is 1.00 e. The number of nitrogen functional groups attached to an aromatic ring is 1. The average molecular weight is 1400 g/mol. The third-order valence-corrected chi connectivity index (χ3v) is 16.0. The number of rotatable bonds is 2. The number of amides is 1. The zero-order valence-corrected chi connectivity index (χ0v) is 57.9. The standard InChI is InChI=1S/C21H18ClN3O.C14H14Cl2N2O.C9H4Cl2O2.C7H5Cl2NO2.C7H13NO.C7H5N.CH4.Na.H2O2.H2O/c1-21(2)9-8-18-24-17-12-14(6-7-15-5-3-4-10-23-15)11-16(22)19(17)20(26)25(18)13-21;1-14(2)4-3-11-17-10-6-8(15)5-9(16)12(10)13(19)18(11)7-14;10-5-1-4-2-7(12)9(13)8(4)6(11)3-5;8-4-1-5(9)7(12-3-11)6(10)2-4;1-7(2)4-3-6(9)8-5-7;1-2-7-5-3-4-6-8-7;;;1-2;/h3-5,10-12H,8-9,13H2,1-2H3;5-6H,3-4,7H2,1-2H3;1,3H,2H2;1-3H,10H2;3-5H2,1-2H3,(H,8,9);1,3-6H;1H4;;1-2H;1H2/q;;;;;;;+1;;/p-1. The molecule has 1 aliphatic carbocycles. The van der Waals surface area contributed by atoms with Gasteiger partial charge >= 0.3 is 29.6 Å². The monoisotopic (exact) mass is 1400 g/mol. The molecule has 480 valence electrons. The van der Waals surface area contributed by atoms with Crippen molar-refractivity contribution in [2.45, 2.75) is 107 Å². The number of Topliss-reactive ketones (excluding diaryl/α,β-unsaturated/α-hetero) is 2. The van der Waals surface area contributed by atoms with E-state index in [2.05, 4.69) is 84.3 Å². The Morgan fingerprint density at radius 3 is 1.61 bits per heavy atom. The predicted molar refractivity (Wildman–Crippen MR) is 361 cm³/mol. The molecule has 6 N–H and O–H groups in total. The molecular weight excluding hydrogens is 1340 g/mol. The molecule has 8 aromatic rings. The molecule has 0 atom stereocenters. The molecule has 1 fully saturated rings. The van der Waals surface area contributed by atoms with E-state index in [0.29, 0.717) is 94.4 Å². The quantitative estimate of drug-likeness (QED) is 0.0238. The first-order valence-electron chi connectivity index (χ1n) is 27.4. The molecule has 12 rings (SSSR count). The van der Waals surface area contributed by atoms with Crippen molar-refractivity contribution < 1.29 is 69.5 Å². The van der Waals surface area contributed by atoms with Crippen molar-refractivity contribution >= 4 is 133 Å². The van der Waals surface area contributed by atoms with Crippen LogP contribution in [0.15, 0.2) is 107 Å². The van der Waals surface area contributed by atoms with Gasteiger partial charge in [-0.3, -0.25) is 48.4 Å². The molecule has 1 amide bonds. The number of fused-ring (bicyclic) bond motifs is 5. The summed E-state index contributed by atoms with van der Waals surface area (Å²) in [6, 6.07) is 23.9. The van der Waals surface area contributed by atoms with E-state index in [9.17, 15) is 28.8 Å². The van der Waals surface area contributed by atoms with Crippen molar-refractivity contribution in [1.29, 1.82) is 0 Å². The van der Waals surface area contributed by atoms with Crippen molar-refractivity contribution in [2.24, 2.45) is 16.2 Å². The Morgan fingerprint density at radius 2 is 1.13 bits per heavy atom. The van der Waals surface area contributed by atoms with Crippen LogP contribution in [0.25, 0.3) is 21.8 Å². The van der Waals surface area contributed by atoms with Crippen molar-refractivity contribution in [2.75, 3.05) is 12.3 Å². The van der Waals surface area contributed by atoms with Crippen molar-refractivity contribution in [1.82, 2.24) is 34.4 Å². The number of ketones is 2. The summed E-state index contributed by atoms with van der Waals surface area (Å²) >= 11 is 41.3. The van der Waals surface area contributed by atoms with Crippen LogP contribution in [0.3, 0.4) is 0 Å². The molecule has 92 heavy (non-hydrogen) atoms. The first-order chi connectivity index (χ1) is 42.1. The van der Waals surface area contributed by atoms with E-state index in [1.165, 1.54) is 18.2 Å². The number of carbonyl (C=O) groups excluding carboxylic acids is 4. The molecule has 0 bridgehead atoms. The summed E-state index contributed by atoms with van der Waals surface area (Å²) in [7, 11) is 0. The summed E-state index contributed by atoms with van der Waals surface area (Å²) in [6.45, 7) is 15.5. The fourth-order valence-electron chi connectivity index (χ4n) is 9.50. The molecule has 7 heterocycles. The van der Waals surface area contributed by atoms with Gasteiger partial charge in [-0.15, -0.1) is 6.42 Å². The third-order valence-electron chi connectivity index (χ3n) is 14.1. The van der Waals surface area contributed by atoms with E-state index in [4.69, 9.17) is 109 Å². The number of nitrogens with zero attached hydrogens (tertiary/aromatic N) is 6. The Hall–Kier alpha value is -6.43. The Labute approximate surface area is 590 Å². The fraction of sp³-hybridized carbons (Fsp3) is 0.303.